The van der Waals surface area contributed by atoms with E-state index >= 15 is 0 Å². The molecule has 1 saturated heterocycles. The van der Waals surface area contributed by atoms with Gasteiger partial charge in [0.25, 0.3) is 5.91 Å². The zero-order valence-electron chi connectivity index (χ0n) is 16.7. The predicted octanol–water partition coefficient (Wildman–Crippen LogP) is 6.60. The van der Waals surface area contributed by atoms with Crippen molar-refractivity contribution in [2.75, 3.05) is 0 Å². The van der Waals surface area contributed by atoms with Gasteiger partial charge in [-0.15, -0.1) is 0 Å². The van der Waals surface area contributed by atoms with Crippen molar-refractivity contribution in [3.05, 3.63) is 86.0 Å². The third-order valence-electron chi connectivity index (χ3n) is 4.84. The number of nitrogens with one attached hydrogen (secondary N) is 1. The molecular weight excluding hydrogens is 437 g/mol. The topological polar surface area (TPSA) is 46.4 Å². The lowest BCUT2D eigenvalue weighted by Gasteiger charge is -2.12. The van der Waals surface area contributed by atoms with Crippen molar-refractivity contribution in [3.8, 4) is 5.69 Å². The van der Waals surface area contributed by atoms with E-state index in [4.69, 9.17) is 23.2 Å². The minimum atomic E-state index is -0.156. The van der Waals surface area contributed by atoms with Crippen molar-refractivity contribution in [1.29, 1.82) is 0 Å². The summed E-state index contributed by atoms with van der Waals surface area (Å²) in [6.07, 6.45) is 1.88. The van der Waals surface area contributed by atoms with E-state index in [0.717, 1.165) is 33.9 Å². The van der Waals surface area contributed by atoms with Crippen LogP contribution in [0.15, 0.2) is 58.4 Å². The van der Waals surface area contributed by atoms with E-state index in [0.29, 0.717) is 20.1 Å². The first-order valence-electron chi connectivity index (χ1n) is 9.33. The van der Waals surface area contributed by atoms with Crippen molar-refractivity contribution in [2.24, 2.45) is 4.99 Å². The second kappa shape index (κ2) is 8.34. The molecular formula is C23H19Cl2N3OS. The maximum absolute atomic E-state index is 12.5. The van der Waals surface area contributed by atoms with E-state index in [9.17, 15) is 4.79 Å². The molecule has 2 heterocycles. The highest BCUT2D eigenvalue weighted by molar-refractivity contribution is 8.18. The van der Waals surface area contributed by atoms with Crippen LogP contribution in [0, 0.1) is 20.8 Å². The summed E-state index contributed by atoms with van der Waals surface area (Å²) in [6, 6.07) is 15.4. The van der Waals surface area contributed by atoms with E-state index in [2.05, 4.69) is 10.3 Å². The van der Waals surface area contributed by atoms with Crippen LogP contribution in [0.5, 0.6) is 0 Å². The number of hydrogen-bond acceptors (Lipinski definition) is 3. The Morgan fingerprint density at radius 1 is 1.07 bits per heavy atom. The van der Waals surface area contributed by atoms with Crippen molar-refractivity contribution < 1.29 is 4.79 Å². The number of aliphatic imine (C=N–C) groups is 1. The third-order valence-corrected chi connectivity index (χ3v) is 6.56. The van der Waals surface area contributed by atoms with Crippen LogP contribution in [0.2, 0.25) is 10.0 Å². The second-order valence-corrected chi connectivity index (χ2v) is 8.87. The molecule has 0 spiro atoms. The number of carbonyl (C=O) groups is 1. The Morgan fingerprint density at radius 2 is 1.80 bits per heavy atom. The van der Waals surface area contributed by atoms with Gasteiger partial charge < -0.3 is 9.88 Å². The fraction of sp³-hybridized carbons (Fsp3) is 0.130. The first-order valence-corrected chi connectivity index (χ1v) is 10.9. The number of aryl methyl sites for hydroxylation is 2. The fourth-order valence-electron chi connectivity index (χ4n) is 3.33. The first kappa shape index (κ1) is 20.8. The summed E-state index contributed by atoms with van der Waals surface area (Å²) in [5, 5.41) is 4.41. The highest BCUT2D eigenvalue weighted by Gasteiger charge is 2.25. The summed E-state index contributed by atoms with van der Waals surface area (Å²) in [5.41, 5.74) is 5.70. The minimum absolute atomic E-state index is 0.156. The standard InChI is InChI=1S/C23H19Cl2N3OS/c1-13-7-9-17(10-8-13)26-23-27-22(29)20(30-23)12-16-11-14(2)28(15(16)3)19-6-4-5-18(24)21(19)25/h4-12H,1-3H3,(H,26,27,29)/b20-12+. The molecule has 0 aliphatic carbocycles. The molecule has 1 amide bonds. The number of thioether (sulfide) groups is 1. The van der Waals surface area contributed by atoms with Crippen LogP contribution in [0.3, 0.4) is 0 Å². The van der Waals surface area contributed by atoms with Gasteiger partial charge in [0, 0.05) is 11.4 Å². The lowest BCUT2D eigenvalue weighted by Crippen LogP contribution is -2.19. The molecule has 0 saturated carbocycles. The monoisotopic (exact) mass is 455 g/mol. The molecule has 4 nitrogen and oxygen atoms in total. The number of halogens is 2. The number of amidine groups is 1. The van der Waals surface area contributed by atoms with Crippen molar-refractivity contribution in [3.63, 3.8) is 0 Å². The summed E-state index contributed by atoms with van der Waals surface area (Å²) >= 11 is 14.0. The van der Waals surface area contributed by atoms with Crippen LogP contribution < -0.4 is 5.32 Å². The van der Waals surface area contributed by atoms with E-state index < -0.39 is 0 Å². The van der Waals surface area contributed by atoms with Gasteiger partial charge in [-0.25, -0.2) is 4.99 Å². The highest BCUT2D eigenvalue weighted by Crippen LogP contribution is 2.34. The molecule has 1 aliphatic rings. The number of nitrogens with zero attached hydrogens (tertiary/aromatic N) is 2. The molecule has 7 heteroatoms. The van der Waals surface area contributed by atoms with Crippen molar-refractivity contribution >= 4 is 57.8 Å². The van der Waals surface area contributed by atoms with E-state index in [1.165, 1.54) is 11.8 Å². The van der Waals surface area contributed by atoms with Crippen LogP contribution in [-0.2, 0) is 4.79 Å². The normalized spacial score (nSPS) is 16.5. The Labute approximate surface area is 189 Å². The third kappa shape index (κ3) is 4.06. The van der Waals surface area contributed by atoms with Gasteiger partial charge >= 0.3 is 0 Å². The number of benzene rings is 2. The molecule has 0 atom stereocenters. The average Bonchev–Trinajstić information content (AvgIpc) is 3.18. The number of amides is 1. The van der Waals surface area contributed by atoms with Crippen molar-refractivity contribution in [1.82, 2.24) is 9.88 Å². The van der Waals surface area contributed by atoms with Gasteiger partial charge in [0.05, 0.1) is 26.3 Å². The molecule has 30 heavy (non-hydrogen) atoms. The van der Waals surface area contributed by atoms with Gasteiger partial charge in [-0.1, -0.05) is 47.0 Å². The van der Waals surface area contributed by atoms with Gasteiger partial charge in [-0.05, 0) is 74.5 Å². The Balaban J connectivity index is 1.66. The Hall–Kier alpha value is -2.47. The number of carbonyl (C=O) groups excluding carboxylic acids is 1. The quantitative estimate of drug-likeness (QED) is 0.452. The largest absolute Gasteiger partial charge is 0.316 e. The summed E-state index contributed by atoms with van der Waals surface area (Å²) in [7, 11) is 0. The average molecular weight is 456 g/mol. The molecule has 1 aliphatic heterocycles. The summed E-state index contributed by atoms with van der Waals surface area (Å²) in [6.45, 7) is 6.02. The van der Waals surface area contributed by atoms with Gasteiger partial charge in [-0.2, -0.15) is 0 Å². The second-order valence-electron chi connectivity index (χ2n) is 7.05. The van der Waals surface area contributed by atoms with Crippen LogP contribution in [0.25, 0.3) is 11.8 Å². The zero-order valence-corrected chi connectivity index (χ0v) is 19.0. The van der Waals surface area contributed by atoms with E-state index in [-0.39, 0.29) is 5.91 Å². The number of aromatic nitrogens is 1. The molecule has 0 bridgehead atoms. The molecule has 152 valence electrons. The molecule has 0 unspecified atom stereocenters. The molecule has 4 rings (SSSR count). The fourth-order valence-corrected chi connectivity index (χ4v) is 4.54. The SMILES string of the molecule is Cc1ccc(N=C2NC(=O)/C(=C\c3cc(C)n(-c4cccc(Cl)c4Cl)c3C)S2)cc1. The predicted molar refractivity (Wildman–Crippen MR) is 127 cm³/mol. The highest BCUT2D eigenvalue weighted by atomic mass is 35.5. The van der Waals surface area contributed by atoms with E-state index in [1.54, 1.807) is 6.07 Å². The zero-order chi connectivity index (χ0) is 21.4. The number of rotatable bonds is 3. The summed E-state index contributed by atoms with van der Waals surface area (Å²) < 4.78 is 2.04. The molecule has 1 aromatic heterocycles. The van der Waals surface area contributed by atoms with Crippen LogP contribution in [-0.4, -0.2) is 15.6 Å². The smallest absolute Gasteiger partial charge is 0.264 e. The maximum atomic E-state index is 12.5. The van der Waals surface area contributed by atoms with Crippen LogP contribution in [0.4, 0.5) is 5.69 Å². The molecule has 1 N–H and O–H groups in total. The minimum Gasteiger partial charge on any atom is -0.316 e. The van der Waals surface area contributed by atoms with Gasteiger partial charge in [0.1, 0.15) is 0 Å². The van der Waals surface area contributed by atoms with Gasteiger partial charge in [-0.3, -0.25) is 4.79 Å². The van der Waals surface area contributed by atoms with Crippen molar-refractivity contribution in [2.45, 2.75) is 20.8 Å². The summed E-state index contributed by atoms with van der Waals surface area (Å²) in [4.78, 5) is 17.6. The van der Waals surface area contributed by atoms with E-state index in [1.807, 2.05) is 73.9 Å². The molecule has 2 aromatic carbocycles. The van der Waals surface area contributed by atoms with Gasteiger partial charge in [0.15, 0.2) is 5.17 Å². The number of hydrogen-bond donors (Lipinski definition) is 1. The van der Waals surface area contributed by atoms with Crippen LogP contribution >= 0.6 is 35.0 Å². The Morgan fingerprint density at radius 3 is 2.53 bits per heavy atom. The lowest BCUT2D eigenvalue weighted by atomic mass is 10.2. The van der Waals surface area contributed by atoms with Crippen LogP contribution in [0.1, 0.15) is 22.5 Å². The Kier molecular flexibility index (Phi) is 5.78. The maximum Gasteiger partial charge on any atom is 0.264 e. The molecule has 0 radical (unpaired) electrons. The first-order chi connectivity index (χ1) is 14.3. The Bertz CT molecular complexity index is 1210. The lowest BCUT2D eigenvalue weighted by molar-refractivity contribution is -0.115. The molecule has 3 aromatic rings. The van der Waals surface area contributed by atoms with Gasteiger partial charge in [0.2, 0.25) is 0 Å². The molecule has 1 fully saturated rings. The summed E-state index contributed by atoms with van der Waals surface area (Å²) in [5.74, 6) is -0.156.